The van der Waals surface area contributed by atoms with E-state index < -0.39 is 6.10 Å². The van der Waals surface area contributed by atoms with Gasteiger partial charge >= 0.3 is 0 Å². The van der Waals surface area contributed by atoms with Crippen molar-refractivity contribution in [2.24, 2.45) is 11.8 Å². The van der Waals surface area contributed by atoms with Crippen molar-refractivity contribution < 1.29 is 14.6 Å². The number of likely N-dealkylation sites (tertiary alicyclic amines) is 1. The third kappa shape index (κ3) is 4.41. The quantitative estimate of drug-likeness (QED) is 0.786. The number of aliphatic hydroxyl groups excluding tert-OH is 1. The van der Waals surface area contributed by atoms with E-state index in [0.717, 1.165) is 51.3 Å². The van der Waals surface area contributed by atoms with Gasteiger partial charge in [0.15, 0.2) is 0 Å². The molecule has 1 heterocycles. The van der Waals surface area contributed by atoms with Crippen LogP contribution in [-0.4, -0.2) is 47.8 Å². The van der Waals surface area contributed by atoms with Gasteiger partial charge in [0.1, 0.15) is 5.75 Å². The van der Waals surface area contributed by atoms with Crippen molar-refractivity contribution in [3.05, 3.63) is 42.0 Å². The second kappa shape index (κ2) is 8.72. The first-order chi connectivity index (χ1) is 14.0. The Kier molecular flexibility index (Phi) is 6.07. The summed E-state index contributed by atoms with van der Waals surface area (Å²) >= 11 is 0. The molecule has 2 aromatic carbocycles. The highest BCUT2D eigenvalue weighted by atomic mass is 16.5. The Hall–Kier alpha value is -2.11. The van der Waals surface area contributed by atoms with Crippen LogP contribution in [0.3, 0.4) is 0 Å². The van der Waals surface area contributed by atoms with Gasteiger partial charge in [-0.25, -0.2) is 0 Å². The lowest BCUT2D eigenvalue weighted by molar-refractivity contribution is -0.121. The number of ether oxygens (including phenoxy) is 1. The summed E-state index contributed by atoms with van der Waals surface area (Å²) in [7, 11) is 0. The molecule has 0 aromatic heterocycles. The van der Waals surface area contributed by atoms with E-state index in [1.54, 1.807) is 0 Å². The van der Waals surface area contributed by atoms with Crippen molar-refractivity contribution in [1.29, 1.82) is 0 Å². The molecule has 0 bridgehead atoms. The van der Waals surface area contributed by atoms with Crippen molar-refractivity contribution in [3.8, 4) is 5.75 Å². The van der Waals surface area contributed by atoms with Crippen LogP contribution in [0.2, 0.25) is 0 Å². The number of amides is 1. The monoisotopic (exact) mass is 396 g/mol. The molecule has 1 saturated heterocycles. The van der Waals surface area contributed by atoms with Gasteiger partial charge in [-0.3, -0.25) is 9.69 Å². The van der Waals surface area contributed by atoms with Gasteiger partial charge in [-0.05, 0) is 47.9 Å². The maximum Gasteiger partial charge on any atom is 0.217 e. The normalized spacial score (nSPS) is 27.0. The topological polar surface area (TPSA) is 61.8 Å². The molecular formula is C24H32N2O3. The van der Waals surface area contributed by atoms with E-state index in [-0.39, 0.29) is 11.9 Å². The van der Waals surface area contributed by atoms with Crippen molar-refractivity contribution >= 4 is 16.7 Å². The Labute approximate surface area is 173 Å². The average molecular weight is 397 g/mol. The predicted molar refractivity (Wildman–Crippen MR) is 115 cm³/mol. The molecule has 0 unspecified atom stereocenters. The molecule has 4 rings (SSSR count). The van der Waals surface area contributed by atoms with E-state index in [0.29, 0.717) is 11.8 Å². The highest BCUT2D eigenvalue weighted by Gasteiger charge is 2.42. The summed E-state index contributed by atoms with van der Waals surface area (Å²) in [6, 6.07) is 12.6. The number of carbonyl (C=O) groups excluding carboxylic acids is 1. The number of nitrogens with zero attached hydrogens (tertiary/aromatic N) is 1. The second-order valence-electron chi connectivity index (χ2n) is 8.67. The molecule has 5 heteroatoms. The predicted octanol–water partition coefficient (Wildman–Crippen LogP) is 3.34. The SMILES string of the molecule is CCCOc1ccc2ccccc2c1CN1C[C@H]2C[C@@H](NC(C)=O)[C@H](O)C[C@H]2C1. The summed E-state index contributed by atoms with van der Waals surface area (Å²) < 4.78 is 6.09. The first-order valence-electron chi connectivity index (χ1n) is 10.9. The number of aliphatic hydroxyl groups is 1. The van der Waals surface area contributed by atoms with E-state index in [9.17, 15) is 9.90 Å². The average Bonchev–Trinajstić information content (AvgIpc) is 3.08. The highest BCUT2D eigenvalue weighted by molar-refractivity contribution is 5.87. The van der Waals surface area contributed by atoms with Crippen LogP contribution < -0.4 is 10.1 Å². The molecule has 156 valence electrons. The van der Waals surface area contributed by atoms with E-state index in [2.05, 4.69) is 53.5 Å². The van der Waals surface area contributed by atoms with Crippen molar-refractivity contribution in [2.75, 3.05) is 19.7 Å². The van der Waals surface area contributed by atoms with Gasteiger partial charge in [-0.2, -0.15) is 0 Å². The number of benzene rings is 2. The van der Waals surface area contributed by atoms with Gasteiger partial charge in [-0.15, -0.1) is 0 Å². The number of hydrogen-bond donors (Lipinski definition) is 2. The largest absolute Gasteiger partial charge is 0.493 e. The van der Waals surface area contributed by atoms with Gasteiger partial charge in [0.25, 0.3) is 0 Å². The first-order valence-corrected chi connectivity index (χ1v) is 10.9. The number of fused-ring (bicyclic) bond motifs is 2. The molecule has 2 fully saturated rings. The van der Waals surface area contributed by atoms with Crippen LogP contribution in [-0.2, 0) is 11.3 Å². The molecule has 0 spiro atoms. The van der Waals surface area contributed by atoms with Gasteiger partial charge < -0.3 is 15.2 Å². The van der Waals surface area contributed by atoms with E-state index >= 15 is 0 Å². The fourth-order valence-corrected chi connectivity index (χ4v) is 5.12. The third-order valence-electron chi connectivity index (χ3n) is 6.45. The lowest BCUT2D eigenvalue weighted by Gasteiger charge is -2.35. The lowest BCUT2D eigenvalue weighted by Crippen LogP contribution is -2.48. The summed E-state index contributed by atoms with van der Waals surface area (Å²) in [5.41, 5.74) is 1.26. The van der Waals surface area contributed by atoms with E-state index in [1.165, 1.54) is 23.3 Å². The van der Waals surface area contributed by atoms with Crippen LogP contribution in [0.15, 0.2) is 36.4 Å². The van der Waals surface area contributed by atoms with Crippen LogP contribution in [0.25, 0.3) is 10.8 Å². The number of carbonyl (C=O) groups is 1. The summed E-state index contributed by atoms with van der Waals surface area (Å²) in [6.45, 7) is 7.23. The number of hydrogen-bond acceptors (Lipinski definition) is 4. The van der Waals surface area contributed by atoms with Crippen molar-refractivity contribution in [2.45, 2.75) is 51.8 Å². The Morgan fingerprint density at radius 3 is 2.69 bits per heavy atom. The number of nitrogens with one attached hydrogen (secondary N) is 1. The Balaban J connectivity index is 1.53. The van der Waals surface area contributed by atoms with E-state index in [4.69, 9.17) is 4.74 Å². The van der Waals surface area contributed by atoms with Crippen molar-refractivity contribution in [3.63, 3.8) is 0 Å². The molecule has 5 nitrogen and oxygen atoms in total. The highest BCUT2D eigenvalue weighted by Crippen LogP contribution is 2.38. The lowest BCUT2D eigenvalue weighted by atomic mass is 9.77. The van der Waals surface area contributed by atoms with E-state index in [1.807, 2.05) is 0 Å². The van der Waals surface area contributed by atoms with Gasteiger partial charge in [-0.1, -0.05) is 37.3 Å². The molecule has 29 heavy (non-hydrogen) atoms. The maximum absolute atomic E-state index is 11.5. The molecule has 1 aliphatic carbocycles. The molecule has 1 amide bonds. The standard InChI is InChI=1S/C24H32N2O3/c1-3-10-29-24-9-8-17-6-4-5-7-20(17)21(24)15-26-13-18-11-22(25-16(2)27)23(28)12-19(18)14-26/h4-9,18-19,22-23,28H,3,10-15H2,1-2H3,(H,25,27)/t18-,19+,22-,23-/m1/s1. The zero-order valence-electron chi connectivity index (χ0n) is 17.4. The third-order valence-corrected chi connectivity index (χ3v) is 6.45. The minimum absolute atomic E-state index is 0.0594. The second-order valence-corrected chi connectivity index (χ2v) is 8.67. The van der Waals surface area contributed by atoms with Gasteiger partial charge in [0, 0.05) is 32.1 Å². The number of rotatable bonds is 6. The Morgan fingerprint density at radius 2 is 1.93 bits per heavy atom. The van der Waals surface area contributed by atoms with Crippen molar-refractivity contribution in [1.82, 2.24) is 10.2 Å². The molecule has 1 aliphatic heterocycles. The summed E-state index contributed by atoms with van der Waals surface area (Å²) in [5, 5.41) is 15.9. The molecule has 1 saturated carbocycles. The van der Waals surface area contributed by atoms with Crippen LogP contribution >= 0.6 is 0 Å². The van der Waals surface area contributed by atoms with Gasteiger partial charge in [0.2, 0.25) is 5.91 Å². The van der Waals surface area contributed by atoms with Gasteiger partial charge in [0.05, 0.1) is 18.8 Å². The fraction of sp³-hybridized carbons (Fsp3) is 0.542. The molecule has 0 radical (unpaired) electrons. The first kappa shape index (κ1) is 20.2. The Bertz CT molecular complexity index is 868. The smallest absolute Gasteiger partial charge is 0.217 e. The fourth-order valence-electron chi connectivity index (χ4n) is 5.12. The summed E-state index contributed by atoms with van der Waals surface area (Å²) in [4.78, 5) is 14.0. The zero-order valence-corrected chi connectivity index (χ0v) is 17.4. The Morgan fingerprint density at radius 1 is 1.17 bits per heavy atom. The zero-order chi connectivity index (χ0) is 20.4. The van der Waals surface area contributed by atoms with Crippen LogP contribution in [0, 0.1) is 11.8 Å². The molecule has 2 aromatic rings. The minimum Gasteiger partial charge on any atom is -0.493 e. The van der Waals surface area contributed by atoms with Crippen LogP contribution in [0.1, 0.15) is 38.7 Å². The van der Waals surface area contributed by atoms with Crippen LogP contribution in [0.5, 0.6) is 5.75 Å². The summed E-state index contributed by atoms with van der Waals surface area (Å²) in [6.07, 6.45) is 2.17. The minimum atomic E-state index is -0.443. The van der Waals surface area contributed by atoms with Crippen LogP contribution in [0.4, 0.5) is 0 Å². The molecule has 2 aliphatic rings. The molecular weight excluding hydrogens is 364 g/mol. The maximum atomic E-state index is 11.5. The summed E-state index contributed by atoms with van der Waals surface area (Å²) in [5.74, 6) is 1.93. The molecule has 4 atom stereocenters. The molecule has 2 N–H and O–H groups in total.